The van der Waals surface area contributed by atoms with Crippen LogP contribution in [-0.2, 0) is 10.0 Å². The van der Waals surface area contributed by atoms with Gasteiger partial charge in [0.15, 0.2) is 5.13 Å². The van der Waals surface area contributed by atoms with E-state index in [2.05, 4.69) is 32.9 Å². The Morgan fingerprint density at radius 2 is 1.72 bits per heavy atom. The van der Waals surface area contributed by atoms with E-state index in [9.17, 15) is 13.2 Å². The van der Waals surface area contributed by atoms with E-state index in [-0.39, 0.29) is 16.8 Å². The number of carbonyl (C=O) groups is 1. The molecule has 0 unspecified atom stereocenters. The number of carbonyl (C=O) groups excluding carboxylic acids is 1. The molecule has 0 atom stereocenters. The molecule has 6 nitrogen and oxygen atoms in total. The minimum atomic E-state index is -3.58. The molecule has 1 aliphatic carbocycles. The Kier molecular flexibility index (Phi) is 7.28. The number of aromatic nitrogens is 1. The summed E-state index contributed by atoms with van der Waals surface area (Å²) in [4.78, 5) is 17.3. The summed E-state index contributed by atoms with van der Waals surface area (Å²) in [7, 11) is -1.93. The normalized spacial score (nSPS) is 15.1. The lowest BCUT2D eigenvalue weighted by atomic mass is 9.96. The third-order valence-corrected chi connectivity index (χ3v) is 9.15. The van der Waals surface area contributed by atoms with Gasteiger partial charge in [-0.1, -0.05) is 31.4 Å². The molecule has 1 heterocycles. The summed E-state index contributed by atoms with van der Waals surface area (Å²) in [6.45, 7) is 0. The molecular formula is C23H24IN3O3S2. The highest BCUT2D eigenvalue weighted by Gasteiger charge is 2.29. The number of rotatable bonds is 6. The smallest absolute Gasteiger partial charge is 0.257 e. The molecule has 0 aliphatic heterocycles. The largest absolute Gasteiger partial charge is 0.298 e. The summed E-state index contributed by atoms with van der Waals surface area (Å²) in [6.07, 6.45) is 5.08. The Bertz CT molecular complexity index is 1190. The molecule has 1 saturated carbocycles. The van der Waals surface area contributed by atoms with Crippen molar-refractivity contribution in [2.75, 3.05) is 12.4 Å². The van der Waals surface area contributed by atoms with Crippen molar-refractivity contribution in [3.8, 4) is 11.3 Å². The topological polar surface area (TPSA) is 79.4 Å². The summed E-state index contributed by atoms with van der Waals surface area (Å²) in [5.41, 5.74) is 2.17. The predicted octanol–water partition coefficient (Wildman–Crippen LogP) is 5.62. The maximum Gasteiger partial charge on any atom is 0.257 e. The van der Waals surface area contributed by atoms with Crippen molar-refractivity contribution in [1.82, 2.24) is 9.29 Å². The van der Waals surface area contributed by atoms with Crippen LogP contribution < -0.4 is 5.32 Å². The number of halogens is 1. The summed E-state index contributed by atoms with van der Waals surface area (Å²) < 4.78 is 28.6. The van der Waals surface area contributed by atoms with Crippen LogP contribution in [0.4, 0.5) is 5.13 Å². The van der Waals surface area contributed by atoms with Crippen molar-refractivity contribution in [1.29, 1.82) is 0 Å². The van der Waals surface area contributed by atoms with Crippen molar-refractivity contribution in [2.24, 2.45) is 0 Å². The number of benzene rings is 2. The van der Waals surface area contributed by atoms with E-state index in [1.165, 1.54) is 34.2 Å². The molecule has 4 rings (SSSR count). The second kappa shape index (κ2) is 9.98. The first-order chi connectivity index (χ1) is 15.3. The Hall–Kier alpha value is -1.82. The van der Waals surface area contributed by atoms with Gasteiger partial charge in [-0.2, -0.15) is 4.31 Å². The standard InChI is InChI=1S/C23H24IN3O3S2/c1-27(19-5-3-2-4-6-19)32(29,30)20-13-9-17(10-14-20)22(28)26-23-25-21(15-31-23)16-7-11-18(24)12-8-16/h7-15,19H,2-6H2,1H3,(H,25,26,28). The van der Waals surface area contributed by atoms with Crippen molar-refractivity contribution in [3.05, 3.63) is 63.0 Å². The molecule has 168 valence electrons. The Morgan fingerprint density at radius 1 is 1.06 bits per heavy atom. The molecule has 0 radical (unpaired) electrons. The van der Waals surface area contributed by atoms with Gasteiger partial charge in [0.1, 0.15) is 0 Å². The highest BCUT2D eigenvalue weighted by atomic mass is 127. The minimum Gasteiger partial charge on any atom is -0.298 e. The van der Waals surface area contributed by atoms with Crippen molar-refractivity contribution < 1.29 is 13.2 Å². The fourth-order valence-electron chi connectivity index (χ4n) is 3.84. The van der Waals surface area contributed by atoms with Crippen LogP contribution in [0, 0.1) is 3.57 Å². The Morgan fingerprint density at radius 3 is 2.38 bits per heavy atom. The van der Waals surface area contributed by atoms with E-state index in [1.807, 2.05) is 29.6 Å². The molecule has 1 aromatic heterocycles. The van der Waals surface area contributed by atoms with Crippen LogP contribution in [0.3, 0.4) is 0 Å². The van der Waals surface area contributed by atoms with E-state index < -0.39 is 10.0 Å². The number of thiazole rings is 1. The van der Waals surface area contributed by atoms with Gasteiger partial charge in [-0.3, -0.25) is 10.1 Å². The van der Waals surface area contributed by atoms with E-state index in [1.54, 1.807) is 19.2 Å². The SMILES string of the molecule is CN(C1CCCCC1)S(=O)(=O)c1ccc(C(=O)Nc2nc(-c3ccc(I)cc3)cs2)cc1. The summed E-state index contributed by atoms with van der Waals surface area (Å²) >= 11 is 3.60. The maximum absolute atomic E-state index is 13.0. The molecule has 0 spiro atoms. The molecule has 9 heteroatoms. The highest BCUT2D eigenvalue weighted by molar-refractivity contribution is 14.1. The lowest BCUT2D eigenvalue weighted by molar-refractivity contribution is 0.102. The molecule has 2 aromatic carbocycles. The van der Waals surface area contributed by atoms with Crippen molar-refractivity contribution in [2.45, 2.75) is 43.0 Å². The fourth-order valence-corrected chi connectivity index (χ4v) is 6.33. The monoisotopic (exact) mass is 581 g/mol. The van der Waals surface area contributed by atoms with Crippen LogP contribution in [0.2, 0.25) is 0 Å². The number of amides is 1. The molecule has 1 N–H and O–H groups in total. The highest BCUT2D eigenvalue weighted by Crippen LogP contribution is 2.28. The lowest BCUT2D eigenvalue weighted by Gasteiger charge is -2.30. The van der Waals surface area contributed by atoms with Crippen molar-refractivity contribution in [3.63, 3.8) is 0 Å². The zero-order valence-electron chi connectivity index (χ0n) is 17.6. The van der Waals surface area contributed by atoms with Gasteiger partial charge in [-0.15, -0.1) is 11.3 Å². The predicted molar refractivity (Wildman–Crippen MR) is 136 cm³/mol. The number of anilines is 1. The summed E-state index contributed by atoms with van der Waals surface area (Å²) in [6, 6.07) is 14.1. The molecule has 1 fully saturated rings. The van der Waals surface area contributed by atoms with E-state index in [0.29, 0.717) is 10.7 Å². The Labute approximate surface area is 206 Å². The van der Waals surface area contributed by atoms with Crippen LogP contribution >= 0.6 is 33.9 Å². The first-order valence-corrected chi connectivity index (χ1v) is 13.9. The molecule has 32 heavy (non-hydrogen) atoms. The molecule has 1 aliphatic rings. The zero-order chi connectivity index (χ0) is 22.7. The minimum absolute atomic E-state index is 0.0453. The summed E-state index contributed by atoms with van der Waals surface area (Å²) in [5, 5.41) is 5.19. The first kappa shape index (κ1) is 23.3. The zero-order valence-corrected chi connectivity index (χ0v) is 21.4. The molecule has 0 bridgehead atoms. The number of nitrogens with one attached hydrogen (secondary N) is 1. The summed E-state index contributed by atoms with van der Waals surface area (Å²) in [5.74, 6) is -0.321. The van der Waals surface area contributed by atoms with Crippen molar-refractivity contribution >= 4 is 55.0 Å². The van der Waals surface area contributed by atoms with E-state index in [4.69, 9.17) is 0 Å². The van der Waals surface area contributed by atoms with Crippen LogP contribution in [0.15, 0.2) is 58.8 Å². The average Bonchev–Trinajstić information content (AvgIpc) is 3.28. The number of hydrogen-bond donors (Lipinski definition) is 1. The van der Waals surface area contributed by atoms with Gasteiger partial charge in [0, 0.05) is 33.2 Å². The quantitative estimate of drug-likeness (QED) is 0.384. The third-order valence-electron chi connectivity index (χ3n) is 5.75. The van der Waals surface area contributed by atoms with Gasteiger partial charge in [-0.05, 0) is 71.8 Å². The number of nitrogens with zero attached hydrogens (tertiary/aromatic N) is 2. The average molecular weight is 582 g/mol. The van der Waals surface area contributed by atoms with E-state index >= 15 is 0 Å². The van der Waals surface area contributed by atoms with Crippen LogP contribution in [-0.4, -0.2) is 36.7 Å². The molecule has 3 aromatic rings. The second-order valence-electron chi connectivity index (χ2n) is 7.84. The third kappa shape index (κ3) is 5.22. The van der Waals surface area contributed by atoms with Gasteiger partial charge in [0.25, 0.3) is 5.91 Å². The fraction of sp³-hybridized carbons (Fsp3) is 0.304. The van der Waals surface area contributed by atoms with Gasteiger partial charge in [0.05, 0.1) is 10.6 Å². The first-order valence-electron chi connectivity index (χ1n) is 10.5. The number of hydrogen-bond acceptors (Lipinski definition) is 5. The van der Waals surface area contributed by atoms with E-state index in [0.717, 1.165) is 40.5 Å². The van der Waals surface area contributed by atoms with Crippen LogP contribution in [0.25, 0.3) is 11.3 Å². The second-order valence-corrected chi connectivity index (χ2v) is 11.9. The van der Waals surface area contributed by atoms with Crippen LogP contribution in [0.5, 0.6) is 0 Å². The van der Waals surface area contributed by atoms with Gasteiger partial charge >= 0.3 is 0 Å². The Balaban J connectivity index is 1.43. The molecular weight excluding hydrogens is 557 g/mol. The number of sulfonamides is 1. The van der Waals surface area contributed by atoms with Gasteiger partial charge < -0.3 is 0 Å². The van der Waals surface area contributed by atoms with Crippen LogP contribution in [0.1, 0.15) is 42.5 Å². The van der Waals surface area contributed by atoms with Gasteiger partial charge in [0.2, 0.25) is 10.0 Å². The maximum atomic E-state index is 13.0. The lowest BCUT2D eigenvalue weighted by Crippen LogP contribution is -2.38. The van der Waals surface area contributed by atoms with Gasteiger partial charge in [-0.25, -0.2) is 13.4 Å². The molecule has 1 amide bonds. The molecule has 0 saturated heterocycles.